The Balaban J connectivity index is 4.09. The second kappa shape index (κ2) is 11.5. The average molecular weight is 327 g/mol. The lowest BCUT2D eigenvalue weighted by Gasteiger charge is -2.27. The lowest BCUT2D eigenvalue weighted by Crippen LogP contribution is -2.54. The van der Waals surface area contributed by atoms with E-state index in [1.807, 2.05) is 34.6 Å². The van der Waals surface area contributed by atoms with Gasteiger partial charge in [-0.3, -0.25) is 9.59 Å². The molecule has 4 nitrogen and oxygen atoms in total. The molecule has 0 aromatic rings. The lowest BCUT2D eigenvalue weighted by atomic mass is 10.0. The Hall–Kier alpha value is -1.06. The molecule has 0 unspecified atom stereocenters. The molecule has 0 aliphatic carbocycles. The molecule has 0 saturated heterocycles. The molecule has 0 fully saturated rings. The smallest absolute Gasteiger partial charge is 0.243 e. The molecule has 0 heterocycles. The Morgan fingerprint density at radius 1 is 0.913 bits per heavy atom. The second-order valence-corrected chi connectivity index (χ2v) is 7.90. The minimum absolute atomic E-state index is 0.0127. The maximum Gasteiger partial charge on any atom is 0.243 e. The van der Waals surface area contributed by atoms with E-state index in [0.29, 0.717) is 6.42 Å². The number of carbonyl (C=O) groups excluding carboxylic acids is 2. The molecule has 0 aromatic heterocycles. The molecular formula is C19H38N2O2. The van der Waals surface area contributed by atoms with E-state index in [0.717, 1.165) is 12.8 Å². The molecule has 136 valence electrons. The lowest BCUT2D eigenvalue weighted by molar-refractivity contribution is -0.131. The van der Waals surface area contributed by atoms with Crippen LogP contribution in [0.25, 0.3) is 0 Å². The van der Waals surface area contributed by atoms with Crippen LogP contribution in [0.3, 0.4) is 0 Å². The van der Waals surface area contributed by atoms with Crippen LogP contribution in [0.4, 0.5) is 0 Å². The van der Waals surface area contributed by atoms with Gasteiger partial charge in [0.15, 0.2) is 0 Å². The predicted molar refractivity (Wildman–Crippen MR) is 97.3 cm³/mol. The van der Waals surface area contributed by atoms with Crippen LogP contribution < -0.4 is 10.6 Å². The Kier molecular flexibility index (Phi) is 10.9. The van der Waals surface area contributed by atoms with Crippen LogP contribution in [0.5, 0.6) is 0 Å². The van der Waals surface area contributed by atoms with Crippen LogP contribution in [0, 0.1) is 5.92 Å². The third kappa shape index (κ3) is 12.1. The molecule has 4 heteroatoms. The van der Waals surface area contributed by atoms with Crippen molar-refractivity contribution in [3.8, 4) is 0 Å². The van der Waals surface area contributed by atoms with E-state index >= 15 is 0 Å². The molecule has 2 amide bonds. The van der Waals surface area contributed by atoms with E-state index in [2.05, 4.69) is 17.6 Å². The number of carbonyl (C=O) groups is 2. The number of unbranched alkanes of at least 4 members (excludes halogenated alkanes) is 6. The molecule has 0 radical (unpaired) electrons. The topological polar surface area (TPSA) is 58.2 Å². The fraction of sp³-hybridized carbons (Fsp3) is 0.895. The number of amides is 2. The van der Waals surface area contributed by atoms with Crippen molar-refractivity contribution in [2.24, 2.45) is 5.92 Å². The summed E-state index contributed by atoms with van der Waals surface area (Å²) < 4.78 is 0. The molecule has 1 atom stereocenters. The molecule has 23 heavy (non-hydrogen) atoms. The van der Waals surface area contributed by atoms with Gasteiger partial charge in [-0.15, -0.1) is 0 Å². The second-order valence-electron chi connectivity index (χ2n) is 7.90. The van der Waals surface area contributed by atoms with Crippen LogP contribution in [0.1, 0.15) is 92.9 Å². The van der Waals surface area contributed by atoms with Gasteiger partial charge in [0.25, 0.3) is 0 Å². The number of rotatable bonds is 11. The molecule has 0 spiro atoms. The molecular weight excluding hydrogens is 288 g/mol. The van der Waals surface area contributed by atoms with Crippen molar-refractivity contribution >= 4 is 11.8 Å². The highest BCUT2D eigenvalue weighted by molar-refractivity contribution is 5.88. The fourth-order valence-electron chi connectivity index (χ4n) is 2.47. The third-order valence-electron chi connectivity index (χ3n) is 3.77. The van der Waals surface area contributed by atoms with E-state index < -0.39 is 6.04 Å². The van der Waals surface area contributed by atoms with E-state index in [4.69, 9.17) is 0 Å². The van der Waals surface area contributed by atoms with Gasteiger partial charge in [-0.05, 0) is 33.1 Å². The van der Waals surface area contributed by atoms with E-state index in [9.17, 15) is 9.59 Å². The summed E-state index contributed by atoms with van der Waals surface area (Å²) in [4.78, 5) is 24.4. The number of nitrogens with one attached hydrogen (secondary N) is 2. The molecule has 0 aliphatic rings. The minimum atomic E-state index is -0.453. The quantitative estimate of drug-likeness (QED) is 0.560. The first-order valence-electron chi connectivity index (χ1n) is 9.28. The maximum atomic E-state index is 12.3. The van der Waals surface area contributed by atoms with E-state index in [1.165, 1.54) is 32.1 Å². The highest BCUT2D eigenvalue weighted by Crippen LogP contribution is 2.10. The Morgan fingerprint density at radius 2 is 1.43 bits per heavy atom. The molecule has 0 rings (SSSR count). The summed E-state index contributed by atoms with van der Waals surface area (Å²) in [5, 5.41) is 5.85. The SMILES string of the molecule is CCCCCCCCCC(=O)N[C@H](C(=O)NC(C)(C)C)C(C)C. The maximum absolute atomic E-state index is 12.3. The van der Waals surface area contributed by atoms with Gasteiger partial charge in [0.1, 0.15) is 6.04 Å². The van der Waals surface area contributed by atoms with Gasteiger partial charge in [-0.25, -0.2) is 0 Å². The summed E-state index contributed by atoms with van der Waals surface area (Å²) in [6, 6.07) is -0.453. The first kappa shape index (κ1) is 21.9. The first-order chi connectivity index (χ1) is 10.7. The standard InChI is InChI=1S/C19H38N2O2/c1-7-8-9-10-11-12-13-14-16(22)20-17(15(2)3)18(23)21-19(4,5)6/h15,17H,7-14H2,1-6H3,(H,20,22)(H,21,23)/t17-/m0/s1. The minimum Gasteiger partial charge on any atom is -0.350 e. The highest BCUT2D eigenvalue weighted by Gasteiger charge is 2.26. The van der Waals surface area contributed by atoms with Crippen LogP contribution in [-0.2, 0) is 9.59 Å². The molecule has 0 aliphatic heterocycles. The van der Waals surface area contributed by atoms with Gasteiger partial charge in [-0.2, -0.15) is 0 Å². The monoisotopic (exact) mass is 326 g/mol. The zero-order valence-electron chi connectivity index (χ0n) is 16.1. The zero-order valence-corrected chi connectivity index (χ0v) is 16.1. The molecule has 0 aromatic carbocycles. The molecule has 0 bridgehead atoms. The van der Waals surface area contributed by atoms with E-state index in [1.54, 1.807) is 0 Å². The van der Waals surface area contributed by atoms with E-state index in [-0.39, 0.29) is 23.3 Å². The Morgan fingerprint density at radius 3 is 1.91 bits per heavy atom. The van der Waals surface area contributed by atoms with Crippen LogP contribution >= 0.6 is 0 Å². The summed E-state index contributed by atoms with van der Waals surface area (Å²) in [5.41, 5.74) is -0.284. The van der Waals surface area contributed by atoms with Gasteiger partial charge in [0.2, 0.25) is 11.8 Å². The summed E-state index contributed by atoms with van der Waals surface area (Å²) >= 11 is 0. The molecule has 2 N–H and O–H groups in total. The van der Waals surface area contributed by atoms with Crippen LogP contribution in [0.2, 0.25) is 0 Å². The molecule has 0 saturated carbocycles. The zero-order chi connectivity index (χ0) is 17.9. The van der Waals surface area contributed by atoms with Crippen molar-refractivity contribution < 1.29 is 9.59 Å². The average Bonchev–Trinajstić information content (AvgIpc) is 2.41. The van der Waals surface area contributed by atoms with Crippen LogP contribution in [0.15, 0.2) is 0 Å². The summed E-state index contributed by atoms with van der Waals surface area (Å²) in [6.07, 6.45) is 8.84. The highest BCUT2D eigenvalue weighted by atomic mass is 16.2. The largest absolute Gasteiger partial charge is 0.350 e. The van der Waals surface area contributed by atoms with Crippen molar-refractivity contribution in [2.75, 3.05) is 0 Å². The van der Waals surface area contributed by atoms with Gasteiger partial charge < -0.3 is 10.6 Å². The predicted octanol–water partition coefficient (Wildman–Crippen LogP) is 4.18. The van der Waals surface area contributed by atoms with Gasteiger partial charge in [0, 0.05) is 12.0 Å². The fourth-order valence-corrected chi connectivity index (χ4v) is 2.47. The summed E-state index contributed by atoms with van der Waals surface area (Å²) in [6.45, 7) is 12.0. The van der Waals surface area contributed by atoms with Crippen LogP contribution in [-0.4, -0.2) is 23.4 Å². The van der Waals surface area contributed by atoms with Crippen molar-refractivity contribution in [1.29, 1.82) is 0 Å². The Labute approximate surface area is 143 Å². The number of hydrogen-bond acceptors (Lipinski definition) is 2. The summed E-state index contributed by atoms with van der Waals surface area (Å²) in [5.74, 6) is -0.0305. The first-order valence-corrected chi connectivity index (χ1v) is 9.28. The van der Waals surface area contributed by atoms with Gasteiger partial charge in [-0.1, -0.05) is 59.3 Å². The third-order valence-corrected chi connectivity index (χ3v) is 3.77. The van der Waals surface area contributed by atoms with Crippen molar-refractivity contribution in [1.82, 2.24) is 10.6 Å². The normalized spacial score (nSPS) is 13.0. The van der Waals surface area contributed by atoms with Gasteiger partial charge in [0.05, 0.1) is 0 Å². The van der Waals surface area contributed by atoms with Crippen molar-refractivity contribution in [2.45, 2.75) is 104 Å². The van der Waals surface area contributed by atoms with Crippen molar-refractivity contribution in [3.05, 3.63) is 0 Å². The van der Waals surface area contributed by atoms with Crippen molar-refractivity contribution in [3.63, 3.8) is 0 Å². The Bertz CT molecular complexity index is 346. The van der Waals surface area contributed by atoms with Gasteiger partial charge >= 0.3 is 0 Å². The summed E-state index contributed by atoms with van der Waals surface area (Å²) in [7, 11) is 0. The number of hydrogen-bond donors (Lipinski definition) is 2.